The molecule has 1 atom stereocenters. The summed E-state index contributed by atoms with van der Waals surface area (Å²) in [6.45, 7) is 7.81. The van der Waals surface area contributed by atoms with Crippen molar-refractivity contribution >= 4 is 0 Å². The third-order valence-electron chi connectivity index (χ3n) is 3.12. The van der Waals surface area contributed by atoms with Crippen molar-refractivity contribution in [3.05, 3.63) is 12.2 Å². The molecule has 5 nitrogen and oxygen atoms in total. The molecule has 1 saturated heterocycles. The molecular formula is C12H22N4O. The van der Waals surface area contributed by atoms with Gasteiger partial charge >= 0.3 is 0 Å². The summed E-state index contributed by atoms with van der Waals surface area (Å²) < 4.78 is 7.66. The number of nitrogens with one attached hydrogen (secondary N) is 1. The first kappa shape index (κ1) is 12.5. The van der Waals surface area contributed by atoms with Crippen LogP contribution in [0.25, 0.3) is 0 Å². The molecule has 2 heterocycles. The van der Waals surface area contributed by atoms with Crippen LogP contribution < -0.4 is 5.32 Å². The summed E-state index contributed by atoms with van der Waals surface area (Å²) >= 11 is 0. The van der Waals surface area contributed by atoms with E-state index >= 15 is 0 Å². The van der Waals surface area contributed by atoms with Gasteiger partial charge in [0, 0.05) is 12.6 Å². The molecule has 0 aromatic carbocycles. The van der Waals surface area contributed by atoms with Gasteiger partial charge in [0.05, 0.1) is 6.61 Å². The molecule has 0 spiro atoms. The summed E-state index contributed by atoms with van der Waals surface area (Å²) in [6, 6.07) is 0.340. The highest BCUT2D eigenvalue weighted by molar-refractivity contribution is 4.83. The number of hydrogen-bond acceptors (Lipinski definition) is 4. The molecule has 96 valence electrons. The van der Waals surface area contributed by atoms with Gasteiger partial charge in [-0.15, -0.1) is 0 Å². The summed E-state index contributed by atoms with van der Waals surface area (Å²) in [4.78, 5) is 4.23. The summed E-state index contributed by atoms with van der Waals surface area (Å²) in [6.07, 6.45) is 4.13. The molecule has 0 bridgehead atoms. The van der Waals surface area contributed by atoms with Gasteiger partial charge in [-0.05, 0) is 39.2 Å². The number of nitrogens with zero attached hydrogens (tertiary/aromatic N) is 3. The molecule has 17 heavy (non-hydrogen) atoms. The SMILES string of the molecule is CC(C)n1ncnc1COCC1CCCNC1. The lowest BCUT2D eigenvalue weighted by Crippen LogP contribution is -2.32. The second kappa shape index (κ2) is 6.12. The molecule has 1 aromatic heterocycles. The highest BCUT2D eigenvalue weighted by Gasteiger charge is 2.14. The summed E-state index contributed by atoms with van der Waals surface area (Å²) in [5.74, 6) is 1.57. The van der Waals surface area contributed by atoms with E-state index in [1.165, 1.54) is 12.8 Å². The molecule has 2 rings (SSSR count). The van der Waals surface area contributed by atoms with E-state index in [1.807, 2.05) is 4.68 Å². The van der Waals surface area contributed by atoms with Gasteiger partial charge in [-0.2, -0.15) is 5.10 Å². The van der Waals surface area contributed by atoms with Crippen LogP contribution in [-0.4, -0.2) is 34.5 Å². The maximum Gasteiger partial charge on any atom is 0.153 e. The van der Waals surface area contributed by atoms with Crippen LogP contribution in [0.15, 0.2) is 6.33 Å². The third-order valence-corrected chi connectivity index (χ3v) is 3.12. The lowest BCUT2D eigenvalue weighted by molar-refractivity contribution is 0.0713. The average Bonchev–Trinajstić information content (AvgIpc) is 2.79. The highest BCUT2D eigenvalue weighted by atomic mass is 16.5. The predicted octanol–water partition coefficient (Wildman–Crippen LogP) is 1.38. The predicted molar refractivity (Wildman–Crippen MR) is 65.7 cm³/mol. The Labute approximate surface area is 103 Å². The zero-order valence-electron chi connectivity index (χ0n) is 10.7. The number of rotatable bonds is 5. The van der Waals surface area contributed by atoms with Gasteiger partial charge < -0.3 is 10.1 Å². The number of hydrogen-bond donors (Lipinski definition) is 1. The van der Waals surface area contributed by atoms with Crippen LogP contribution in [0.3, 0.4) is 0 Å². The van der Waals surface area contributed by atoms with Crippen molar-refractivity contribution in [3.63, 3.8) is 0 Å². The normalized spacial score (nSPS) is 21.0. The summed E-state index contributed by atoms with van der Waals surface area (Å²) in [5.41, 5.74) is 0. The lowest BCUT2D eigenvalue weighted by Gasteiger charge is -2.22. The quantitative estimate of drug-likeness (QED) is 0.842. The third kappa shape index (κ3) is 3.51. The molecule has 1 unspecified atom stereocenters. The van der Waals surface area contributed by atoms with Gasteiger partial charge in [0.15, 0.2) is 5.82 Å². The van der Waals surface area contributed by atoms with Crippen LogP contribution in [-0.2, 0) is 11.3 Å². The van der Waals surface area contributed by atoms with E-state index in [9.17, 15) is 0 Å². The molecule has 0 aliphatic carbocycles. The van der Waals surface area contributed by atoms with Crippen LogP contribution in [0, 0.1) is 5.92 Å². The van der Waals surface area contributed by atoms with Gasteiger partial charge in [-0.1, -0.05) is 0 Å². The smallest absolute Gasteiger partial charge is 0.153 e. The Morgan fingerprint density at radius 2 is 2.47 bits per heavy atom. The minimum Gasteiger partial charge on any atom is -0.373 e. The first-order valence-corrected chi connectivity index (χ1v) is 6.44. The van der Waals surface area contributed by atoms with Crippen molar-refractivity contribution in [1.29, 1.82) is 0 Å². The second-order valence-corrected chi connectivity index (χ2v) is 4.94. The average molecular weight is 238 g/mol. The molecule has 0 saturated carbocycles. The van der Waals surface area contributed by atoms with Crippen molar-refractivity contribution < 1.29 is 4.74 Å². The van der Waals surface area contributed by atoms with Gasteiger partial charge in [0.25, 0.3) is 0 Å². The van der Waals surface area contributed by atoms with E-state index in [0.29, 0.717) is 18.6 Å². The van der Waals surface area contributed by atoms with E-state index in [1.54, 1.807) is 6.33 Å². The standard InChI is InChI=1S/C12H22N4O/c1-10(2)16-12(14-9-15-16)8-17-7-11-4-3-5-13-6-11/h9-11,13H,3-8H2,1-2H3. The van der Waals surface area contributed by atoms with Gasteiger partial charge in [-0.3, -0.25) is 0 Å². The summed E-state index contributed by atoms with van der Waals surface area (Å²) in [5, 5.41) is 7.59. The van der Waals surface area contributed by atoms with Crippen molar-refractivity contribution in [2.75, 3.05) is 19.7 Å². The Bertz CT molecular complexity index is 331. The van der Waals surface area contributed by atoms with E-state index in [2.05, 4.69) is 29.2 Å². The molecule has 1 N–H and O–H groups in total. The minimum absolute atomic E-state index is 0.340. The van der Waals surface area contributed by atoms with Crippen LogP contribution in [0.4, 0.5) is 0 Å². The van der Waals surface area contributed by atoms with E-state index in [4.69, 9.17) is 4.74 Å². The van der Waals surface area contributed by atoms with Crippen molar-refractivity contribution in [3.8, 4) is 0 Å². The molecule has 1 fully saturated rings. The van der Waals surface area contributed by atoms with Gasteiger partial charge in [0.2, 0.25) is 0 Å². The zero-order chi connectivity index (χ0) is 12.1. The van der Waals surface area contributed by atoms with Crippen molar-refractivity contribution in [2.45, 2.75) is 39.3 Å². The zero-order valence-corrected chi connectivity index (χ0v) is 10.7. The Morgan fingerprint density at radius 3 is 3.18 bits per heavy atom. The lowest BCUT2D eigenvalue weighted by atomic mass is 10.0. The largest absolute Gasteiger partial charge is 0.373 e. The monoisotopic (exact) mass is 238 g/mol. The minimum atomic E-state index is 0.340. The fraction of sp³-hybridized carbons (Fsp3) is 0.833. The van der Waals surface area contributed by atoms with Crippen molar-refractivity contribution in [2.24, 2.45) is 5.92 Å². The number of ether oxygens (including phenoxy) is 1. The Morgan fingerprint density at radius 1 is 1.59 bits per heavy atom. The van der Waals surface area contributed by atoms with Gasteiger partial charge in [-0.25, -0.2) is 9.67 Å². The maximum atomic E-state index is 5.74. The first-order valence-electron chi connectivity index (χ1n) is 6.44. The van der Waals surface area contributed by atoms with Gasteiger partial charge in [0.1, 0.15) is 12.9 Å². The van der Waals surface area contributed by atoms with Crippen molar-refractivity contribution in [1.82, 2.24) is 20.1 Å². The van der Waals surface area contributed by atoms with Crippen LogP contribution in [0.2, 0.25) is 0 Å². The fourth-order valence-electron chi connectivity index (χ4n) is 2.19. The molecule has 1 aliphatic rings. The van der Waals surface area contributed by atoms with E-state index in [0.717, 1.165) is 25.5 Å². The first-order chi connectivity index (χ1) is 8.27. The second-order valence-electron chi connectivity index (χ2n) is 4.94. The molecule has 0 radical (unpaired) electrons. The number of piperidine rings is 1. The Hall–Kier alpha value is -0.940. The topological polar surface area (TPSA) is 52.0 Å². The number of aromatic nitrogens is 3. The van der Waals surface area contributed by atoms with E-state index < -0.39 is 0 Å². The van der Waals surface area contributed by atoms with Crippen LogP contribution in [0.1, 0.15) is 38.6 Å². The highest BCUT2D eigenvalue weighted by Crippen LogP contribution is 2.12. The van der Waals surface area contributed by atoms with Crippen LogP contribution in [0.5, 0.6) is 0 Å². The fourth-order valence-corrected chi connectivity index (χ4v) is 2.19. The summed E-state index contributed by atoms with van der Waals surface area (Å²) in [7, 11) is 0. The molecule has 0 amide bonds. The molecular weight excluding hydrogens is 216 g/mol. The Kier molecular flexibility index (Phi) is 4.50. The van der Waals surface area contributed by atoms with E-state index in [-0.39, 0.29) is 0 Å². The Balaban J connectivity index is 1.75. The molecule has 1 aromatic rings. The van der Waals surface area contributed by atoms with Crippen LogP contribution >= 0.6 is 0 Å². The maximum absolute atomic E-state index is 5.74. The molecule has 5 heteroatoms. The molecule has 1 aliphatic heterocycles.